The highest BCUT2D eigenvalue weighted by atomic mass is 32.1. The molecule has 0 fully saturated rings. The van der Waals surface area contributed by atoms with Gasteiger partial charge >= 0.3 is 5.97 Å². The minimum Gasteiger partial charge on any atom is -0.494 e. The summed E-state index contributed by atoms with van der Waals surface area (Å²) in [5.74, 6) is -0.135. The van der Waals surface area contributed by atoms with Gasteiger partial charge in [-0.15, -0.1) is 0 Å². The van der Waals surface area contributed by atoms with Crippen LogP contribution in [0.3, 0.4) is 0 Å². The number of H-pyrrole nitrogens is 1. The molecule has 8 heteroatoms. The van der Waals surface area contributed by atoms with Crippen molar-refractivity contribution < 1.29 is 19.1 Å². The topological polar surface area (TPSA) is 93.3 Å². The Hall–Kier alpha value is -3.39. The Balaban J connectivity index is 1.32. The van der Waals surface area contributed by atoms with E-state index in [0.717, 1.165) is 32.4 Å². The summed E-state index contributed by atoms with van der Waals surface area (Å²) in [6, 6.07) is 13.3. The maximum absolute atomic E-state index is 12.1. The lowest BCUT2D eigenvalue weighted by molar-refractivity contribution is -0.146. The fourth-order valence-electron chi connectivity index (χ4n) is 3.00. The maximum Gasteiger partial charge on any atom is 0.310 e. The molecule has 4 rings (SSSR count). The number of fused-ring (bicyclic) bond motifs is 2. The van der Waals surface area contributed by atoms with Crippen molar-refractivity contribution in [1.82, 2.24) is 9.97 Å². The fourth-order valence-corrected chi connectivity index (χ4v) is 3.91. The van der Waals surface area contributed by atoms with Crippen molar-refractivity contribution in [2.75, 3.05) is 18.5 Å². The zero-order valence-corrected chi connectivity index (χ0v) is 16.5. The van der Waals surface area contributed by atoms with Crippen LogP contribution in [0.1, 0.15) is 12.5 Å². The van der Waals surface area contributed by atoms with E-state index in [-0.39, 0.29) is 13.0 Å². The number of para-hydroxylation sites is 1. The molecule has 2 heterocycles. The van der Waals surface area contributed by atoms with Crippen molar-refractivity contribution in [3.05, 3.63) is 54.2 Å². The molecule has 0 unspecified atom stereocenters. The second-order valence-electron chi connectivity index (χ2n) is 6.33. The summed E-state index contributed by atoms with van der Waals surface area (Å²) in [6.45, 7) is 2.14. The van der Waals surface area contributed by atoms with E-state index < -0.39 is 11.9 Å². The van der Waals surface area contributed by atoms with Crippen molar-refractivity contribution in [1.29, 1.82) is 0 Å². The molecular weight excluding hydrogens is 390 g/mol. The number of ether oxygens (including phenoxy) is 2. The highest BCUT2D eigenvalue weighted by Gasteiger charge is 2.13. The molecule has 148 valence electrons. The Morgan fingerprint density at radius 3 is 2.93 bits per heavy atom. The van der Waals surface area contributed by atoms with Crippen molar-refractivity contribution in [3.63, 3.8) is 0 Å². The second kappa shape index (κ2) is 8.32. The molecule has 4 aromatic rings. The van der Waals surface area contributed by atoms with Crippen LogP contribution in [-0.2, 0) is 20.7 Å². The van der Waals surface area contributed by atoms with Crippen LogP contribution in [-0.4, -0.2) is 35.1 Å². The SMILES string of the molecule is CCOc1ccc2nc(NC(=O)COC(=O)Cc3c[nH]c4ccccc34)sc2c1. The zero-order valence-electron chi connectivity index (χ0n) is 15.7. The smallest absolute Gasteiger partial charge is 0.310 e. The van der Waals surface area contributed by atoms with E-state index in [2.05, 4.69) is 15.3 Å². The second-order valence-corrected chi connectivity index (χ2v) is 7.36. The Bertz CT molecular complexity index is 1180. The zero-order chi connectivity index (χ0) is 20.2. The van der Waals surface area contributed by atoms with Crippen molar-refractivity contribution in [3.8, 4) is 5.75 Å². The standard InChI is InChI=1S/C21H19N3O4S/c1-2-27-14-7-8-17-18(10-14)29-21(23-17)24-19(25)12-28-20(26)9-13-11-22-16-6-4-3-5-15(13)16/h3-8,10-11,22H,2,9,12H2,1H3,(H,23,24,25). The van der Waals surface area contributed by atoms with Gasteiger partial charge in [0.15, 0.2) is 11.7 Å². The predicted molar refractivity (Wildman–Crippen MR) is 112 cm³/mol. The normalized spacial score (nSPS) is 10.9. The number of rotatable bonds is 7. The summed E-state index contributed by atoms with van der Waals surface area (Å²) in [7, 11) is 0. The summed E-state index contributed by atoms with van der Waals surface area (Å²) in [5.41, 5.74) is 2.56. The van der Waals surface area contributed by atoms with E-state index in [1.54, 1.807) is 6.20 Å². The molecule has 0 spiro atoms. The molecule has 0 bridgehead atoms. The van der Waals surface area contributed by atoms with Gasteiger partial charge in [0.05, 0.1) is 23.2 Å². The van der Waals surface area contributed by atoms with Gasteiger partial charge in [0.2, 0.25) is 0 Å². The summed E-state index contributed by atoms with van der Waals surface area (Å²) in [4.78, 5) is 31.7. The van der Waals surface area contributed by atoms with E-state index in [1.807, 2.05) is 49.4 Å². The molecule has 0 aliphatic carbocycles. The minimum absolute atomic E-state index is 0.0959. The molecule has 2 aromatic carbocycles. The first-order valence-corrected chi connectivity index (χ1v) is 9.98. The maximum atomic E-state index is 12.1. The number of hydrogen-bond donors (Lipinski definition) is 2. The number of hydrogen-bond acceptors (Lipinski definition) is 6. The van der Waals surface area contributed by atoms with Gasteiger partial charge in [-0.05, 0) is 36.8 Å². The van der Waals surface area contributed by atoms with Crippen LogP contribution in [0.25, 0.3) is 21.1 Å². The summed E-state index contributed by atoms with van der Waals surface area (Å²) < 4.78 is 11.5. The predicted octanol–water partition coefficient (Wildman–Crippen LogP) is 3.90. The van der Waals surface area contributed by atoms with Gasteiger partial charge in [-0.2, -0.15) is 0 Å². The lowest BCUT2D eigenvalue weighted by Crippen LogP contribution is -2.21. The first-order valence-electron chi connectivity index (χ1n) is 9.16. The molecule has 0 aliphatic heterocycles. The number of carbonyl (C=O) groups excluding carboxylic acids is 2. The van der Waals surface area contributed by atoms with Crippen LogP contribution >= 0.6 is 11.3 Å². The number of esters is 1. The monoisotopic (exact) mass is 409 g/mol. The molecule has 1 amide bonds. The van der Waals surface area contributed by atoms with E-state index in [4.69, 9.17) is 9.47 Å². The van der Waals surface area contributed by atoms with Crippen LogP contribution in [0, 0.1) is 0 Å². The first-order chi connectivity index (χ1) is 14.1. The quantitative estimate of drug-likeness (QED) is 0.452. The van der Waals surface area contributed by atoms with E-state index in [1.165, 1.54) is 11.3 Å². The third-order valence-electron chi connectivity index (χ3n) is 4.29. The number of anilines is 1. The molecule has 0 saturated heterocycles. The summed E-state index contributed by atoms with van der Waals surface area (Å²) >= 11 is 1.34. The van der Waals surface area contributed by atoms with Gasteiger partial charge in [-0.1, -0.05) is 29.5 Å². The van der Waals surface area contributed by atoms with Gasteiger partial charge in [-0.3, -0.25) is 14.9 Å². The summed E-state index contributed by atoms with van der Waals surface area (Å²) in [5, 5.41) is 4.09. The average molecular weight is 409 g/mol. The molecule has 0 aliphatic rings. The molecule has 2 N–H and O–H groups in total. The number of amides is 1. The van der Waals surface area contributed by atoms with E-state index in [9.17, 15) is 9.59 Å². The number of benzene rings is 2. The molecule has 7 nitrogen and oxygen atoms in total. The first kappa shape index (κ1) is 18.9. The van der Waals surface area contributed by atoms with Gasteiger partial charge in [0, 0.05) is 17.1 Å². The number of aromatic nitrogens is 2. The van der Waals surface area contributed by atoms with Crippen molar-refractivity contribution >= 4 is 49.5 Å². The van der Waals surface area contributed by atoms with Crippen LogP contribution in [0.2, 0.25) is 0 Å². The Morgan fingerprint density at radius 1 is 1.21 bits per heavy atom. The van der Waals surface area contributed by atoms with Gasteiger partial charge in [0.25, 0.3) is 5.91 Å². The third kappa shape index (κ3) is 4.38. The van der Waals surface area contributed by atoms with Crippen LogP contribution in [0.15, 0.2) is 48.7 Å². The van der Waals surface area contributed by atoms with Crippen molar-refractivity contribution in [2.45, 2.75) is 13.3 Å². The van der Waals surface area contributed by atoms with Crippen LogP contribution in [0.5, 0.6) is 5.75 Å². The Labute approximate surface area is 170 Å². The summed E-state index contributed by atoms with van der Waals surface area (Å²) in [6.07, 6.45) is 1.88. The highest BCUT2D eigenvalue weighted by molar-refractivity contribution is 7.22. The van der Waals surface area contributed by atoms with Gasteiger partial charge in [0.1, 0.15) is 5.75 Å². The van der Waals surface area contributed by atoms with Crippen LogP contribution < -0.4 is 10.1 Å². The number of thiazole rings is 1. The number of carbonyl (C=O) groups is 2. The fraction of sp³-hybridized carbons (Fsp3) is 0.190. The van der Waals surface area contributed by atoms with Crippen LogP contribution in [0.4, 0.5) is 5.13 Å². The number of nitrogens with zero attached hydrogens (tertiary/aromatic N) is 1. The van der Waals surface area contributed by atoms with E-state index in [0.29, 0.717) is 11.7 Å². The lowest BCUT2D eigenvalue weighted by Gasteiger charge is -2.04. The lowest BCUT2D eigenvalue weighted by atomic mass is 10.1. The van der Waals surface area contributed by atoms with Gasteiger partial charge < -0.3 is 14.5 Å². The molecule has 2 aromatic heterocycles. The molecule has 0 saturated carbocycles. The largest absolute Gasteiger partial charge is 0.494 e. The molecule has 0 radical (unpaired) electrons. The highest BCUT2D eigenvalue weighted by Crippen LogP contribution is 2.29. The average Bonchev–Trinajstić information content (AvgIpc) is 3.30. The Kier molecular flexibility index (Phi) is 5.44. The molecule has 0 atom stereocenters. The molecular formula is C21H19N3O4S. The van der Waals surface area contributed by atoms with Gasteiger partial charge in [-0.25, -0.2) is 4.98 Å². The van der Waals surface area contributed by atoms with E-state index >= 15 is 0 Å². The minimum atomic E-state index is -0.462. The number of aromatic amines is 1. The number of nitrogens with one attached hydrogen (secondary N) is 2. The Morgan fingerprint density at radius 2 is 2.07 bits per heavy atom. The molecule has 29 heavy (non-hydrogen) atoms. The third-order valence-corrected chi connectivity index (χ3v) is 5.22. The van der Waals surface area contributed by atoms with Crippen molar-refractivity contribution in [2.24, 2.45) is 0 Å².